The number of halogens is 3. The Kier molecular flexibility index (Phi) is 10.7. The third kappa shape index (κ3) is 8.00. The molecule has 1 fully saturated rings. The molecule has 6 atom stereocenters. The van der Waals surface area contributed by atoms with Crippen LogP contribution in [0.25, 0.3) is 0 Å². The number of aliphatic hydroxyl groups excluding tert-OH is 2. The first kappa shape index (κ1) is 31.7. The van der Waals surface area contributed by atoms with Gasteiger partial charge in [0, 0.05) is 29.8 Å². The minimum absolute atomic E-state index is 0.0300. The van der Waals surface area contributed by atoms with E-state index in [1.165, 1.54) is 0 Å². The molecule has 3 N–H and O–H groups in total. The number of aliphatic hydroxyl groups is 2. The summed E-state index contributed by atoms with van der Waals surface area (Å²) in [5.41, 5.74) is 3.86. The molecule has 7 nitrogen and oxygen atoms in total. The number of benzene rings is 3. The zero-order valence-corrected chi connectivity index (χ0v) is 25.4. The largest absolute Gasteiger partial charge is 0.392 e. The molecule has 3 aromatic carbocycles. The lowest BCUT2D eigenvalue weighted by molar-refractivity contribution is -0.276. The van der Waals surface area contributed by atoms with Gasteiger partial charge in [-0.2, -0.15) is 0 Å². The summed E-state index contributed by atoms with van der Waals surface area (Å²) in [5.74, 6) is -0.784. The van der Waals surface area contributed by atoms with Crippen molar-refractivity contribution in [3.8, 4) is 0 Å². The molecule has 0 bridgehead atoms. The summed E-state index contributed by atoms with van der Waals surface area (Å²) in [6.07, 6.45) is -1.89. The second-order valence-corrected chi connectivity index (χ2v) is 12.7. The van der Waals surface area contributed by atoms with Crippen molar-refractivity contribution in [1.82, 2.24) is 4.90 Å². The Bertz CT molecular complexity index is 1270. The Morgan fingerprint density at radius 2 is 1.59 bits per heavy atom. The van der Waals surface area contributed by atoms with Gasteiger partial charge in [-0.3, -0.25) is 9.69 Å². The molecular weight excluding hydrogens is 587 g/mol. The lowest BCUT2D eigenvalue weighted by Crippen LogP contribution is -2.46. The Balaban J connectivity index is 1.56. The third-order valence-corrected chi connectivity index (χ3v) is 8.10. The minimum atomic E-state index is -2.08. The van der Waals surface area contributed by atoms with E-state index in [1.54, 1.807) is 24.3 Å². The Labute approximate surface area is 255 Å². The van der Waals surface area contributed by atoms with Crippen LogP contribution in [0, 0.1) is 5.92 Å². The molecule has 1 amide bonds. The molecule has 1 aliphatic rings. The predicted molar refractivity (Wildman–Crippen MR) is 162 cm³/mol. The second kappa shape index (κ2) is 13.8. The summed E-state index contributed by atoms with van der Waals surface area (Å²) in [7, 11) is 1.98. The molecule has 1 saturated heterocycles. The minimum Gasteiger partial charge on any atom is -0.392 e. The van der Waals surface area contributed by atoms with Crippen LogP contribution in [0.15, 0.2) is 78.9 Å². The highest BCUT2D eigenvalue weighted by Gasteiger charge is 2.39. The number of alkyl halides is 3. The number of carbonyl (C=O) groups is 1. The highest BCUT2D eigenvalue weighted by molar-refractivity contribution is 6.76. The van der Waals surface area contributed by atoms with Gasteiger partial charge in [-0.05, 0) is 42.8 Å². The molecular formula is C31H35Cl3N2O5. The van der Waals surface area contributed by atoms with Crippen LogP contribution in [0.3, 0.4) is 0 Å². The summed E-state index contributed by atoms with van der Waals surface area (Å²) in [4.78, 5) is 14.1. The average molecular weight is 622 g/mol. The van der Waals surface area contributed by atoms with E-state index in [1.807, 2.05) is 68.6 Å². The van der Waals surface area contributed by atoms with Crippen molar-refractivity contribution in [1.29, 1.82) is 0 Å². The summed E-state index contributed by atoms with van der Waals surface area (Å²) in [5, 5.41) is 23.1. The van der Waals surface area contributed by atoms with E-state index < -0.39 is 22.1 Å². The lowest BCUT2D eigenvalue weighted by Gasteiger charge is -2.43. The van der Waals surface area contributed by atoms with Gasteiger partial charge < -0.3 is 25.0 Å². The number of likely N-dealkylation sites (N-methyl/N-ethyl adjacent to an activating group) is 1. The summed E-state index contributed by atoms with van der Waals surface area (Å²) in [6, 6.07) is 24.1. The Morgan fingerprint density at radius 3 is 2.17 bits per heavy atom. The van der Waals surface area contributed by atoms with E-state index in [0.29, 0.717) is 12.2 Å². The van der Waals surface area contributed by atoms with Crippen LogP contribution in [0.1, 0.15) is 54.6 Å². The van der Waals surface area contributed by atoms with Crippen LogP contribution in [-0.4, -0.2) is 50.6 Å². The average Bonchev–Trinajstić information content (AvgIpc) is 2.97. The van der Waals surface area contributed by atoms with Gasteiger partial charge in [0.25, 0.3) is 9.70 Å². The quantitative estimate of drug-likeness (QED) is 0.242. The zero-order chi connectivity index (χ0) is 29.7. The number of amides is 1. The SMILES string of the molecule is CC1C(CN(C)C(C)C(O)c2ccccc2)OC(c2ccc(NC(=O)C(Cl)(Cl)Cl)cc2)OC1c1ccc(CO)cc1. The van der Waals surface area contributed by atoms with Crippen molar-refractivity contribution in [3.05, 3.63) is 101 Å². The molecule has 220 valence electrons. The maximum atomic E-state index is 12.0. The van der Waals surface area contributed by atoms with Crippen LogP contribution in [0.2, 0.25) is 0 Å². The third-order valence-electron chi connectivity index (χ3n) is 7.58. The summed E-state index contributed by atoms with van der Waals surface area (Å²) >= 11 is 17.0. The van der Waals surface area contributed by atoms with Gasteiger partial charge in [0.05, 0.1) is 24.9 Å². The number of hydrogen-bond donors (Lipinski definition) is 3. The highest BCUT2D eigenvalue weighted by atomic mass is 35.6. The molecule has 4 rings (SSSR count). The van der Waals surface area contributed by atoms with Gasteiger partial charge in [-0.1, -0.05) is 108 Å². The molecule has 0 spiro atoms. The van der Waals surface area contributed by atoms with E-state index in [9.17, 15) is 15.0 Å². The number of ether oxygens (including phenoxy) is 2. The van der Waals surface area contributed by atoms with Crippen LogP contribution in [0.5, 0.6) is 0 Å². The standard InChI is InChI=1S/C31H35Cl3N2O5/c1-19-26(17-36(3)20(2)27(38)22-7-5-4-6-8-22)40-29(41-28(19)23-11-9-21(18-37)10-12-23)24-13-15-25(16-14-24)35-30(39)31(32,33)34/h4-16,19-20,26-29,37-38H,17-18H2,1-3H3,(H,35,39). The summed E-state index contributed by atoms with van der Waals surface area (Å²) in [6.45, 7) is 4.60. The van der Waals surface area contributed by atoms with Gasteiger partial charge in [0.1, 0.15) is 0 Å². The lowest BCUT2D eigenvalue weighted by atomic mass is 9.89. The fourth-order valence-corrected chi connectivity index (χ4v) is 5.02. The van der Waals surface area contributed by atoms with E-state index >= 15 is 0 Å². The molecule has 1 heterocycles. The van der Waals surface area contributed by atoms with E-state index in [4.69, 9.17) is 44.3 Å². The van der Waals surface area contributed by atoms with Crippen molar-refractivity contribution >= 4 is 46.4 Å². The molecule has 0 saturated carbocycles. The van der Waals surface area contributed by atoms with Crippen LogP contribution in [0.4, 0.5) is 5.69 Å². The van der Waals surface area contributed by atoms with Crippen LogP contribution < -0.4 is 5.32 Å². The monoisotopic (exact) mass is 620 g/mol. The second-order valence-electron chi connectivity index (χ2n) is 10.4. The number of hydrogen-bond acceptors (Lipinski definition) is 6. The van der Waals surface area contributed by atoms with E-state index in [0.717, 1.165) is 22.3 Å². The van der Waals surface area contributed by atoms with Crippen molar-refractivity contribution in [2.45, 2.75) is 54.9 Å². The fraction of sp³-hybridized carbons (Fsp3) is 0.387. The molecule has 1 aliphatic heterocycles. The molecule has 0 aliphatic carbocycles. The Morgan fingerprint density at radius 1 is 0.976 bits per heavy atom. The predicted octanol–water partition coefficient (Wildman–Crippen LogP) is 6.33. The Hall–Kier alpha value is -2.20. The molecule has 41 heavy (non-hydrogen) atoms. The van der Waals surface area contributed by atoms with Gasteiger partial charge in [0.2, 0.25) is 0 Å². The first-order valence-electron chi connectivity index (χ1n) is 13.4. The van der Waals surface area contributed by atoms with Crippen molar-refractivity contribution < 1.29 is 24.5 Å². The van der Waals surface area contributed by atoms with Crippen molar-refractivity contribution in [3.63, 3.8) is 0 Å². The van der Waals surface area contributed by atoms with Crippen LogP contribution >= 0.6 is 34.8 Å². The fourth-order valence-electron chi connectivity index (χ4n) is 4.87. The smallest absolute Gasteiger partial charge is 0.276 e. The number of nitrogens with one attached hydrogen (secondary N) is 1. The first-order chi connectivity index (χ1) is 19.5. The number of anilines is 1. The molecule has 0 radical (unpaired) electrons. The van der Waals surface area contributed by atoms with Gasteiger partial charge in [-0.15, -0.1) is 0 Å². The normalized spacial score (nSPS) is 22.8. The molecule has 6 unspecified atom stereocenters. The maximum Gasteiger partial charge on any atom is 0.276 e. The molecule has 3 aromatic rings. The number of carbonyl (C=O) groups excluding carboxylic acids is 1. The van der Waals surface area contributed by atoms with Gasteiger partial charge in [0.15, 0.2) is 6.29 Å². The van der Waals surface area contributed by atoms with Crippen molar-refractivity contribution in [2.75, 3.05) is 18.9 Å². The van der Waals surface area contributed by atoms with E-state index in [2.05, 4.69) is 17.1 Å². The maximum absolute atomic E-state index is 12.0. The summed E-state index contributed by atoms with van der Waals surface area (Å²) < 4.78 is 11.0. The topological polar surface area (TPSA) is 91.3 Å². The van der Waals surface area contributed by atoms with Gasteiger partial charge >= 0.3 is 0 Å². The number of rotatable bonds is 9. The molecule has 10 heteroatoms. The van der Waals surface area contributed by atoms with Crippen molar-refractivity contribution in [2.24, 2.45) is 5.92 Å². The number of nitrogens with zero attached hydrogens (tertiary/aromatic N) is 1. The van der Waals surface area contributed by atoms with E-state index in [-0.39, 0.29) is 30.8 Å². The highest BCUT2D eigenvalue weighted by Crippen LogP contribution is 2.42. The zero-order valence-electron chi connectivity index (χ0n) is 23.1. The molecule has 0 aromatic heterocycles. The van der Waals surface area contributed by atoms with Crippen LogP contribution in [-0.2, 0) is 20.9 Å². The van der Waals surface area contributed by atoms with Gasteiger partial charge in [-0.25, -0.2) is 0 Å². The first-order valence-corrected chi connectivity index (χ1v) is 14.5.